The Morgan fingerprint density at radius 1 is 1.33 bits per heavy atom. The van der Waals surface area contributed by atoms with E-state index in [0.29, 0.717) is 0 Å². The van der Waals surface area contributed by atoms with E-state index >= 15 is 0 Å². The summed E-state index contributed by atoms with van der Waals surface area (Å²) >= 11 is 0. The monoisotopic (exact) mass is 209 g/mol. The van der Waals surface area contributed by atoms with Gasteiger partial charge in [0.2, 0.25) is 0 Å². The topological polar surface area (TPSA) is 60.8 Å². The van der Waals surface area contributed by atoms with Crippen molar-refractivity contribution in [2.24, 2.45) is 0 Å². The molecular weight excluding hydrogens is 194 g/mol. The van der Waals surface area contributed by atoms with Crippen molar-refractivity contribution in [3.8, 4) is 11.5 Å². The number of hydrogen-bond acceptors (Lipinski definition) is 3. The highest BCUT2D eigenvalue weighted by Crippen LogP contribution is 2.29. The molecule has 0 aliphatic heterocycles. The minimum atomic E-state index is -0.366. The lowest BCUT2D eigenvalue weighted by molar-refractivity contribution is 0.0751. The maximum Gasteiger partial charge on any atom is 0.257 e. The SMILES string of the molecule is CC(C)N(C)C(=O)c1cccc(O)c1O. The molecule has 0 aromatic heterocycles. The molecule has 0 saturated heterocycles. The van der Waals surface area contributed by atoms with Crippen molar-refractivity contribution in [1.82, 2.24) is 4.90 Å². The molecule has 1 aromatic carbocycles. The highest BCUT2D eigenvalue weighted by atomic mass is 16.3. The van der Waals surface area contributed by atoms with Gasteiger partial charge in [0.15, 0.2) is 11.5 Å². The Bertz CT molecular complexity index is 374. The van der Waals surface area contributed by atoms with Gasteiger partial charge in [0, 0.05) is 13.1 Å². The molecule has 0 radical (unpaired) electrons. The minimum absolute atomic E-state index is 0.0410. The van der Waals surface area contributed by atoms with Crippen molar-refractivity contribution < 1.29 is 15.0 Å². The molecule has 0 aliphatic rings. The Morgan fingerprint density at radius 3 is 2.47 bits per heavy atom. The van der Waals surface area contributed by atoms with Crippen molar-refractivity contribution >= 4 is 5.91 Å². The van der Waals surface area contributed by atoms with Gasteiger partial charge in [-0.05, 0) is 26.0 Å². The third-order valence-corrected chi connectivity index (χ3v) is 2.34. The van der Waals surface area contributed by atoms with Gasteiger partial charge in [-0.2, -0.15) is 0 Å². The van der Waals surface area contributed by atoms with Crippen LogP contribution in [0.5, 0.6) is 11.5 Å². The summed E-state index contributed by atoms with van der Waals surface area (Å²) in [4.78, 5) is 13.3. The second-order valence-corrected chi connectivity index (χ2v) is 3.68. The number of phenols is 2. The van der Waals surface area contributed by atoms with E-state index in [0.717, 1.165) is 0 Å². The van der Waals surface area contributed by atoms with E-state index in [-0.39, 0.29) is 29.0 Å². The van der Waals surface area contributed by atoms with Crippen molar-refractivity contribution in [1.29, 1.82) is 0 Å². The number of benzene rings is 1. The molecule has 4 heteroatoms. The zero-order chi connectivity index (χ0) is 11.6. The lowest BCUT2D eigenvalue weighted by Crippen LogP contribution is -2.32. The second-order valence-electron chi connectivity index (χ2n) is 3.68. The summed E-state index contributed by atoms with van der Waals surface area (Å²) in [5.74, 6) is -0.952. The molecule has 15 heavy (non-hydrogen) atoms. The molecule has 2 N–H and O–H groups in total. The molecule has 0 saturated carbocycles. The van der Waals surface area contributed by atoms with Gasteiger partial charge in [0.1, 0.15) is 0 Å². The van der Waals surface area contributed by atoms with Gasteiger partial charge in [0.25, 0.3) is 5.91 Å². The van der Waals surface area contributed by atoms with E-state index in [4.69, 9.17) is 0 Å². The van der Waals surface area contributed by atoms with Crippen molar-refractivity contribution in [3.05, 3.63) is 23.8 Å². The van der Waals surface area contributed by atoms with E-state index in [2.05, 4.69) is 0 Å². The molecule has 82 valence electrons. The predicted octanol–water partition coefficient (Wildman–Crippen LogP) is 1.58. The first-order chi connectivity index (χ1) is 6.95. The first-order valence-corrected chi connectivity index (χ1v) is 4.73. The summed E-state index contributed by atoms with van der Waals surface area (Å²) in [7, 11) is 1.65. The van der Waals surface area contributed by atoms with Gasteiger partial charge >= 0.3 is 0 Å². The van der Waals surface area contributed by atoms with Crippen LogP contribution in [0.15, 0.2) is 18.2 Å². The number of rotatable bonds is 2. The zero-order valence-corrected chi connectivity index (χ0v) is 9.06. The molecule has 0 fully saturated rings. The highest BCUT2D eigenvalue weighted by molar-refractivity contribution is 5.97. The molecule has 0 bridgehead atoms. The van der Waals surface area contributed by atoms with Crippen LogP contribution in [0, 0.1) is 0 Å². The quantitative estimate of drug-likeness (QED) is 0.727. The molecule has 0 unspecified atom stereocenters. The highest BCUT2D eigenvalue weighted by Gasteiger charge is 2.19. The van der Waals surface area contributed by atoms with E-state index in [1.54, 1.807) is 7.05 Å². The van der Waals surface area contributed by atoms with Gasteiger partial charge in [-0.3, -0.25) is 4.79 Å². The molecular formula is C11H15NO3. The maximum absolute atomic E-state index is 11.8. The Balaban J connectivity index is 3.07. The summed E-state index contributed by atoms with van der Waals surface area (Å²) in [6.07, 6.45) is 0. The first-order valence-electron chi connectivity index (χ1n) is 4.73. The van der Waals surface area contributed by atoms with Crippen LogP contribution < -0.4 is 0 Å². The van der Waals surface area contributed by atoms with Gasteiger partial charge < -0.3 is 15.1 Å². The molecule has 0 atom stereocenters. The average molecular weight is 209 g/mol. The summed E-state index contributed by atoms with van der Waals surface area (Å²) in [6.45, 7) is 3.75. The molecule has 1 amide bonds. The molecule has 0 aliphatic carbocycles. The lowest BCUT2D eigenvalue weighted by atomic mass is 10.1. The average Bonchev–Trinajstić information content (AvgIpc) is 2.20. The van der Waals surface area contributed by atoms with Crippen LogP contribution in [0.1, 0.15) is 24.2 Å². The Labute approximate surface area is 88.8 Å². The van der Waals surface area contributed by atoms with Gasteiger partial charge in [-0.15, -0.1) is 0 Å². The van der Waals surface area contributed by atoms with Crippen LogP contribution in [-0.4, -0.2) is 34.1 Å². The Hall–Kier alpha value is -1.71. The smallest absolute Gasteiger partial charge is 0.257 e. The van der Waals surface area contributed by atoms with Crippen LogP contribution >= 0.6 is 0 Å². The van der Waals surface area contributed by atoms with Crippen molar-refractivity contribution in [2.75, 3.05) is 7.05 Å². The lowest BCUT2D eigenvalue weighted by Gasteiger charge is -2.21. The van der Waals surface area contributed by atoms with Crippen molar-refractivity contribution in [3.63, 3.8) is 0 Å². The van der Waals surface area contributed by atoms with E-state index in [9.17, 15) is 15.0 Å². The van der Waals surface area contributed by atoms with E-state index < -0.39 is 0 Å². The third-order valence-electron chi connectivity index (χ3n) is 2.34. The first kappa shape index (κ1) is 11.4. The van der Waals surface area contributed by atoms with Crippen LogP contribution in [0.25, 0.3) is 0 Å². The number of nitrogens with zero attached hydrogens (tertiary/aromatic N) is 1. The fraction of sp³-hybridized carbons (Fsp3) is 0.364. The summed E-state index contributed by atoms with van der Waals surface area (Å²) in [5, 5.41) is 18.7. The Kier molecular flexibility index (Phi) is 3.19. The van der Waals surface area contributed by atoms with Crippen LogP contribution in [-0.2, 0) is 0 Å². The summed E-state index contributed by atoms with van der Waals surface area (Å²) in [6, 6.07) is 4.38. The van der Waals surface area contributed by atoms with E-state index in [1.807, 2.05) is 13.8 Å². The standard InChI is InChI=1S/C11H15NO3/c1-7(2)12(3)11(15)8-5-4-6-9(13)10(8)14/h4-7,13-14H,1-3H3. The number of aromatic hydroxyl groups is 2. The summed E-state index contributed by atoms with van der Waals surface area (Å²) < 4.78 is 0. The number of amides is 1. The largest absolute Gasteiger partial charge is 0.504 e. The number of carbonyl (C=O) groups is 1. The number of phenolic OH excluding ortho intramolecular Hbond substituents is 2. The van der Waals surface area contributed by atoms with E-state index in [1.165, 1.54) is 23.1 Å². The predicted molar refractivity (Wildman–Crippen MR) is 57.0 cm³/mol. The fourth-order valence-electron chi connectivity index (χ4n) is 1.13. The van der Waals surface area contributed by atoms with Crippen LogP contribution in [0.3, 0.4) is 0 Å². The van der Waals surface area contributed by atoms with Crippen molar-refractivity contribution in [2.45, 2.75) is 19.9 Å². The second kappa shape index (κ2) is 4.21. The van der Waals surface area contributed by atoms with Crippen LogP contribution in [0.4, 0.5) is 0 Å². The molecule has 4 nitrogen and oxygen atoms in total. The number of hydrogen-bond donors (Lipinski definition) is 2. The normalized spacial score (nSPS) is 10.4. The van der Waals surface area contributed by atoms with Gasteiger partial charge in [-0.1, -0.05) is 6.07 Å². The van der Waals surface area contributed by atoms with Crippen LogP contribution in [0.2, 0.25) is 0 Å². The molecule has 1 aromatic rings. The minimum Gasteiger partial charge on any atom is -0.504 e. The molecule has 0 heterocycles. The third kappa shape index (κ3) is 2.21. The van der Waals surface area contributed by atoms with Gasteiger partial charge in [0.05, 0.1) is 5.56 Å². The Morgan fingerprint density at radius 2 is 1.93 bits per heavy atom. The zero-order valence-electron chi connectivity index (χ0n) is 9.06. The van der Waals surface area contributed by atoms with Gasteiger partial charge in [-0.25, -0.2) is 0 Å². The summed E-state index contributed by atoms with van der Waals surface area (Å²) in [5.41, 5.74) is 0.117. The number of para-hydroxylation sites is 1. The molecule has 1 rings (SSSR count). The maximum atomic E-state index is 11.8. The fourth-order valence-corrected chi connectivity index (χ4v) is 1.13. The number of carbonyl (C=O) groups excluding carboxylic acids is 1. The molecule has 0 spiro atoms.